The van der Waals surface area contributed by atoms with Gasteiger partial charge in [0.25, 0.3) is 0 Å². The predicted molar refractivity (Wildman–Crippen MR) is 82.9 cm³/mol. The second-order valence-corrected chi connectivity index (χ2v) is 5.51. The maximum Gasteiger partial charge on any atom is 0.0850 e. The van der Waals surface area contributed by atoms with Crippen molar-refractivity contribution in [3.05, 3.63) is 16.4 Å². The fraction of sp³-hybridized carbons (Fsp3) is 0.800. The third-order valence-electron chi connectivity index (χ3n) is 3.90. The Bertz CT molecular complexity index is 387. The number of hydrogen-bond acceptors (Lipinski definition) is 2. The van der Waals surface area contributed by atoms with Gasteiger partial charge in [-0.25, -0.2) is 0 Å². The lowest BCUT2D eigenvalue weighted by Crippen LogP contribution is -2.37. The zero-order valence-corrected chi connectivity index (χ0v) is 13.7. The van der Waals surface area contributed by atoms with Gasteiger partial charge in [0.05, 0.1) is 16.4 Å². The highest BCUT2D eigenvalue weighted by atomic mass is 35.5. The average Bonchev–Trinajstić information content (AvgIpc) is 2.73. The molecule has 1 N–H and O–H groups in total. The summed E-state index contributed by atoms with van der Waals surface area (Å²) in [5, 5.41) is 9.06. The lowest BCUT2D eigenvalue weighted by atomic mass is 9.94. The molecule has 19 heavy (non-hydrogen) atoms. The van der Waals surface area contributed by atoms with Crippen molar-refractivity contribution < 1.29 is 0 Å². The molecule has 0 saturated heterocycles. The summed E-state index contributed by atoms with van der Waals surface area (Å²) in [4.78, 5) is 0. The Kier molecular flexibility index (Phi) is 6.87. The van der Waals surface area contributed by atoms with Crippen molar-refractivity contribution in [2.75, 3.05) is 6.54 Å². The minimum absolute atomic E-state index is 0.471. The molecule has 0 radical (unpaired) electrons. The molecule has 1 aromatic heterocycles. The van der Waals surface area contributed by atoms with Gasteiger partial charge in [-0.15, -0.1) is 0 Å². The molecule has 110 valence electrons. The van der Waals surface area contributed by atoms with Crippen LogP contribution in [-0.4, -0.2) is 22.4 Å². The standard InChI is InChI=1S/C15H28ClN3/c1-6-11(5)13(17-8-3)10-14-15(16)12(7-2)18-19(14)9-4/h11,13,17H,6-10H2,1-5H3. The fourth-order valence-corrected chi connectivity index (χ4v) is 2.79. The molecule has 0 aliphatic heterocycles. The largest absolute Gasteiger partial charge is 0.314 e. The molecule has 3 nitrogen and oxygen atoms in total. The molecule has 0 saturated carbocycles. The normalized spacial score (nSPS) is 14.6. The third-order valence-corrected chi connectivity index (χ3v) is 4.34. The van der Waals surface area contributed by atoms with E-state index in [1.54, 1.807) is 0 Å². The highest BCUT2D eigenvalue weighted by molar-refractivity contribution is 6.31. The molecule has 0 amide bonds. The maximum absolute atomic E-state index is 6.49. The van der Waals surface area contributed by atoms with E-state index in [1.807, 2.05) is 0 Å². The van der Waals surface area contributed by atoms with Crippen LogP contribution in [-0.2, 0) is 19.4 Å². The van der Waals surface area contributed by atoms with E-state index in [9.17, 15) is 0 Å². The first-order valence-corrected chi connectivity index (χ1v) is 7.94. The zero-order valence-electron chi connectivity index (χ0n) is 13.0. The zero-order chi connectivity index (χ0) is 14.4. The first-order valence-electron chi connectivity index (χ1n) is 7.56. The van der Waals surface area contributed by atoms with Crippen LogP contribution in [0, 0.1) is 5.92 Å². The molecular weight excluding hydrogens is 258 g/mol. The summed E-state index contributed by atoms with van der Waals surface area (Å²) in [7, 11) is 0. The van der Waals surface area contributed by atoms with Crippen LogP contribution >= 0.6 is 11.6 Å². The van der Waals surface area contributed by atoms with E-state index in [1.165, 1.54) is 12.1 Å². The van der Waals surface area contributed by atoms with Gasteiger partial charge in [0.15, 0.2) is 0 Å². The lowest BCUT2D eigenvalue weighted by Gasteiger charge is -2.24. The van der Waals surface area contributed by atoms with E-state index < -0.39 is 0 Å². The van der Waals surface area contributed by atoms with Crippen molar-refractivity contribution in [2.45, 2.75) is 66.5 Å². The van der Waals surface area contributed by atoms with Crippen LogP contribution in [0.2, 0.25) is 5.02 Å². The number of aryl methyl sites for hydroxylation is 2. The number of hydrogen-bond donors (Lipinski definition) is 1. The Labute approximate surface area is 122 Å². The van der Waals surface area contributed by atoms with Crippen LogP contribution in [0.3, 0.4) is 0 Å². The van der Waals surface area contributed by atoms with Crippen molar-refractivity contribution >= 4 is 11.6 Å². The van der Waals surface area contributed by atoms with Crippen LogP contribution in [0.4, 0.5) is 0 Å². The topological polar surface area (TPSA) is 29.9 Å². The van der Waals surface area contributed by atoms with Gasteiger partial charge in [-0.1, -0.05) is 45.7 Å². The SMILES string of the molecule is CCNC(Cc1c(Cl)c(CC)nn1CC)C(C)CC. The van der Waals surface area contributed by atoms with Crippen LogP contribution in [0.15, 0.2) is 0 Å². The summed E-state index contributed by atoms with van der Waals surface area (Å²) in [6, 6.07) is 0.471. The van der Waals surface area contributed by atoms with Crippen molar-refractivity contribution in [2.24, 2.45) is 5.92 Å². The first kappa shape index (κ1) is 16.5. The molecule has 0 aliphatic rings. The average molecular weight is 286 g/mol. The Morgan fingerprint density at radius 3 is 2.42 bits per heavy atom. The molecule has 1 aromatic rings. The summed E-state index contributed by atoms with van der Waals surface area (Å²) in [5.41, 5.74) is 2.21. The molecular formula is C15H28ClN3. The van der Waals surface area contributed by atoms with E-state index in [0.717, 1.165) is 36.6 Å². The highest BCUT2D eigenvalue weighted by Gasteiger charge is 2.21. The third kappa shape index (κ3) is 3.96. The fourth-order valence-electron chi connectivity index (χ4n) is 2.44. The quantitative estimate of drug-likeness (QED) is 0.789. The number of nitrogens with one attached hydrogen (secondary N) is 1. The van der Waals surface area contributed by atoms with Crippen LogP contribution in [0.1, 0.15) is 52.4 Å². The molecule has 2 atom stereocenters. The number of halogens is 1. The van der Waals surface area contributed by atoms with E-state index >= 15 is 0 Å². The van der Waals surface area contributed by atoms with Gasteiger partial charge >= 0.3 is 0 Å². The predicted octanol–water partition coefficient (Wildman–Crippen LogP) is 3.69. The van der Waals surface area contributed by atoms with E-state index in [-0.39, 0.29) is 0 Å². The highest BCUT2D eigenvalue weighted by Crippen LogP contribution is 2.24. The molecule has 1 heterocycles. The Hall–Kier alpha value is -0.540. The van der Waals surface area contributed by atoms with Gasteiger partial charge in [-0.05, 0) is 25.8 Å². The van der Waals surface area contributed by atoms with Crippen LogP contribution < -0.4 is 5.32 Å². The van der Waals surface area contributed by atoms with Crippen molar-refractivity contribution in [3.8, 4) is 0 Å². The summed E-state index contributed by atoms with van der Waals surface area (Å²) >= 11 is 6.49. The molecule has 2 unspecified atom stereocenters. The smallest absolute Gasteiger partial charge is 0.0850 e. The summed E-state index contributed by atoms with van der Waals surface area (Å²) in [5.74, 6) is 0.640. The van der Waals surface area contributed by atoms with Gasteiger partial charge in [0.1, 0.15) is 0 Å². The Morgan fingerprint density at radius 2 is 1.95 bits per heavy atom. The maximum atomic E-state index is 6.49. The lowest BCUT2D eigenvalue weighted by molar-refractivity contribution is 0.363. The molecule has 0 spiro atoms. The summed E-state index contributed by atoms with van der Waals surface area (Å²) in [6.45, 7) is 12.8. The van der Waals surface area contributed by atoms with Gasteiger partial charge in [-0.3, -0.25) is 4.68 Å². The van der Waals surface area contributed by atoms with Crippen molar-refractivity contribution in [1.82, 2.24) is 15.1 Å². The molecule has 0 fully saturated rings. The molecule has 4 heteroatoms. The second kappa shape index (κ2) is 7.91. The number of rotatable bonds is 8. The summed E-state index contributed by atoms with van der Waals surface area (Å²) in [6.07, 6.45) is 3.03. The van der Waals surface area contributed by atoms with Crippen LogP contribution in [0.25, 0.3) is 0 Å². The molecule has 0 aromatic carbocycles. The van der Waals surface area contributed by atoms with Gasteiger partial charge in [-0.2, -0.15) is 5.10 Å². The molecule has 0 bridgehead atoms. The number of aromatic nitrogens is 2. The van der Waals surface area contributed by atoms with Gasteiger partial charge in [0.2, 0.25) is 0 Å². The second-order valence-electron chi connectivity index (χ2n) is 5.13. The minimum atomic E-state index is 0.471. The molecule has 0 aliphatic carbocycles. The van der Waals surface area contributed by atoms with Gasteiger partial charge < -0.3 is 5.32 Å². The number of likely N-dealkylation sites (N-methyl/N-ethyl adjacent to an activating group) is 1. The number of nitrogens with zero attached hydrogens (tertiary/aromatic N) is 2. The van der Waals surface area contributed by atoms with E-state index in [4.69, 9.17) is 11.6 Å². The van der Waals surface area contributed by atoms with Crippen molar-refractivity contribution in [1.29, 1.82) is 0 Å². The van der Waals surface area contributed by atoms with E-state index in [0.29, 0.717) is 12.0 Å². The van der Waals surface area contributed by atoms with Crippen molar-refractivity contribution in [3.63, 3.8) is 0 Å². The van der Waals surface area contributed by atoms with Crippen LogP contribution in [0.5, 0.6) is 0 Å². The Morgan fingerprint density at radius 1 is 1.26 bits per heavy atom. The Balaban J connectivity index is 2.97. The van der Waals surface area contributed by atoms with Gasteiger partial charge in [0, 0.05) is 19.0 Å². The first-order chi connectivity index (χ1) is 9.08. The minimum Gasteiger partial charge on any atom is -0.314 e. The monoisotopic (exact) mass is 285 g/mol. The summed E-state index contributed by atoms with van der Waals surface area (Å²) < 4.78 is 2.06. The molecule has 1 rings (SSSR count). The van der Waals surface area contributed by atoms with E-state index in [2.05, 4.69) is 49.7 Å².